The second-order valence-electron chi connectivity index (χ2n) is 4.47. The van der Waals surface area contributed by atoms with Crippen LogP contribution in [0, 0.1) is 6.92 Å². The van der Waals surface area contributed by atoms with Crippen LogP contribution in [0.4, 0.5) is 5.69 Å². The summed E-state index contributed by atoms with van der Waals surface area (Å²) in [5, 5.41) is 1.01. The number of aromatic nitrogens is 1. The first-order chi connectivity index (χ1) is 9.13. The second-order valence-corrected chi connectivity index (χ2v) is 4.47. The molecule has 0 fully saturated rings. The normalized spacial score (nSPS) is 11.1. The molecule has 0 saturated heterocycles. The van der Waals surface area contributed by atoms with E-state index in [1.807, 2.05) is 25.1 Å². The van der Waals surface area contributed by atoms with Crippen LogP contribution in [0.15, 0.2) is 35.1 Å². The van der Waals surface area contributed by atoms with E-state index in [0.29, 0.717) is 27.7 Å². The highest BCUT2D eigenvalue weighted by Gasteiger charge is 2.14. The van der Waals surface area contributed by atoms with Gasteiger partial charge in [0.1, 0.15) is 0 Å². The number of nitrogen functional groups attached to an aromatic ring is 1. The van der Waals surface area contributed by atoms with Gasteiger partial charge >= 0.3 is 0 Å². The van der Waals surface area contributed by atoms with E-state index in [2.05, 4.69) is 4.98 Å². The van der Waals surface area contributed by atoms with Crippen molar-refractivity contribution in [3.63, 3.8) is 0 Å². The van der Waals surface area contributed by atoms with E-state index in [9.17, 15) is 4.79 Å². The number of nitrogens with two attached hydrogens (primary N) is 2. The Morgan fingerprint density at radius 1 is 1.26 bits per heavy atom. The summed E-state index contributed by atoms with van der Waals surface area (Å²) in [6.45, 7) is 1.81. The fourth-order valence-corrected chi connectivity index (χ4v) is 2.31. The van der Waals surface area contributed by atoms with Crippen molar-refractivity contribution in [2.24, 2.45) is 5.90 Å². The number of benzene rings is 2. The molecule has 1 aromatic heterocycles. The van der Waals surface area contributed by atoms with E-state index in [-0.39, 0.29) is 5.43 Å². The number of rotatable bonds is 1. The minimum Gasteiger partial charge on any atom is -0.409 e. The molecule has 0 amide bonds. The van der Waals surface area contributed by atoms with Crippen molar-refractivity contribution in [3.8, 4) is 5.75 Å². The number of para-hydroxylation sites is 1. The Kier molecular flexibility index (Phi) is 2.43. The molecule has 19 heavy (non-hydrogen) atoms. The molecule has 96 valence electrons. The number of aryl methyl sites for hydroxylation is 1. The lowest BCUT2D eigenvalue weighted by Gasteiger charge is -2.11. The van der Waals surface area contributed by atoms with Crippen molar-refractivity contribution < 1.29 is 4.84 Å². The molecule has 5 nitrogen and oxygen atoms in total. The lowest BCUT2D eigenvalue weighted by molar-refractivity contribution is 0.338. The first-order valence-electron chi connectivity index (χ1n) is 5.84. The molecule has 0 unspecified atom stereocenters. The van der Waals surface area contributed by atoms with E-state index in [1.165, 1.54) is 0 Å². The molecule has 0 aliphatic rings. The molecule has 3 aromatic rings. The highest BCUT2D eigenvalue weighted by molar-refractivity contribution is 6.02. The predicted molar refractivity (Wildman–Crippen MR) is 76.0 cm³/mol. The van der Waals surface area contributed by atoms with Gasteiger partial charge in [-0.3, -0.25) is 4.79 Å². The van der Waals surface area contributed by atoms with E-state index in [4.69, 9.17) is 16.5 Å². The van der Waals surface area contributed by atoms with E-state index in [0.717, 1.165) is 11.1 Å². The number of anilines is 1. The Balaban J connectivity index is 2.65. The van der Waals surface area contributed by atoms with Crippen molar-refractivity contribution in [2.75, 3.05) is 5.73 Å². The van der Waals surface area contributed by atoms with Gasteiger partial charge in [-0.15, -0.1) is 0 Å². The molecule has 0 aliphatic heterocycles. The molecular weight excluding hydrogens is 242 g/mol. The third kappa shape index (κ3) is 1.56. The molecule has 0 spiro atoms. The first-order valence-corrected chi connectivity index (χ1v) is 5.84. The molecule has 5 N–H and O–H groups in total. The fourth-order valence-electron chi connectivity index (χ4n) is 2.31. The number of H-pyrrole nitrogens is 1. The fraction of sp³-hybridized carbons (Fsp3) is 0.0714. The summed E-state index contributed by atoms with van der Waals surface area (Å²) in [4.78, 5) is 20.5. The second kappa shape index (κ2) is 4.00. The number of aromatic amines is 1. The van der Waals surface area contributed by atoms with Gasteiger partial charge in [0.2, 0.25) is 0 Å². The topological polar surface area (TPSA) is 94.1 Å². The van der Waals surface area contributed by atoms with Gasteiger partial charge in [-0.05, 0) is 30.7 Å². The minimum absolute atomic E-state index is 0.121. The van der Waals surface area contributed by atoms with Crippen LogP contribution in [0.1, 0.15) is 5.56 Å². The molecule has 0 atom stereocenters. The van der Waals surface area contributed by atoms with Crippen molar-refractivity contribution >= 4 is 27.5 Å². The van der Waals surface area contributed by atoms with E-state index >= 15 is 0 Å². The number of nitrogens with one attached hydrogen (secondary N) is 1. The lowest BCUT2D eigenvalue weighted by Crippen LogP contribution is -2.11. The van der Waals surface area contributed by atoms with Crippen molar-refractivity contribution in [1.82, 2.24) is 4.98 Å². The van der Waals surface area contributed by atoms with Gasteiger partial charge in [-0.1, -0.05) is 12.1 Å². The van der Waals surface area contributed by atoms with Crippen LogP contribution in [-0.2, 0) is 0 Å². The summed E-state index contributed by atoms with van der Waals surface area (Å²) in [5.74, 6) is 5.67. The molecule has 0 aliphatic carbocycles. The zero-order chi connectivity index (χ0) is 13.6. The maximum atomic E-state index is 12.5. The number of hydrogen-bond donors (Lipinski definition) is 3. The molecule has 0 saturated carbocycles. The van der Waals surface area contributed by atoms with Crippen LogP contribution in [0.25, 0.3) is 21.8 Å². The molecule has 2 aromatic carbocycles. The summed E-state index contributed by atoms with van der Waals surface area (Å²) in [5.41, 5.74) is 8.35. The number of hydrogen-bond acceptors (Lipinski definition) is 4. The van der Waals surface area contributed by atoms with Gasteiger partial charge in [0.15, 0.2) is 11.2 Å². The minimum atomic E-state index is -0.121. The Morgan fingerprint density at radius 3 is 2.74 bits per heavy atom. The molecular formula is C14H13N3O2. The smallest absolute Gasteiger partial charge is 0.199 e. The van der Waals surface area contributed by atoms with Crippen molar-refractivity contribution in [2.45, 2.75) is 6.92 Å². The summed E-state index contributed by atoms with van der Waals surface area (Å²) in [7, 11) is 0. The zero-order valence-corrected chi connectivity index (χ0v) is 10.4. The average molecular weight is 255 g/mol. The van der Waals surface area contributed by atoms with Gasteiger partial charge in [-0.25, -0.2) is 0 Å². The van der Waals surface area contributed by atoms with Crippen LogP contribution in [0.2, 0.25) is 0 Å². The van der Waals surface area contributed by atoms with Gasteiger partial charge in [0.25, 0.3) is 0 Å². The molecule has 0 bridgehead atoms. The lowest BCUT2D eigenvalue weighted by atomic mass is 10.0. The standard InChI is InChI=1S/C14H13N3O2/c1-7-6-10(19-16)13-11(12(7)15)14(18)8-4-2-3-5-9(8)17-13/h2-6H,15-16H2,1H3,(H,17,18). The number of fused-ring (bicyclic) bond motifs is 2. The summed E-state index contributed by atoms with van der Waals surface area (Å²) < 4.78 is 0. The third-order valence-electron chi connectivity index (χ3n) is 3.32. The van der Waals surface area contributed by atoms with Crippen LogP contribution in [0.5, 0.6) is 5.75 Å². The molecule has 0 radical (unpaired) electrons. The highest BCUT2D eigenvalue weighted by atomic mass is 16.6. The Morgan fingerprint density at radius 2 is 2.00 bits per heavy atom. The monoisotopic (exact) mass is 255 g/mol. The van der Waals surface area contributed by atoms with Crippen molar-refractivity contribution in [1.29, 1.82) is 0 Å². The SMILES string of the molecule is Cc1cc(ON)c2[nH]c3ccccc3c(=O)c2c1N. The molecule has 5 heteroatoms. The zero-order valence-electron chi connectivity index (χ0n) is 10.4. The third-order valence-corrected chi connectivity index (χ3v) is 3.32. The largest absolute Gasteiger partial charge is 0.409 e. The summed E-state index contributed by atoms with van der Waals surface area (Å²) in [6.07, 6.45) is 0. The van der Waals surface area contributed by atoms with Crippen LogP contribution in [-0.4, -0.2) is 4.98 Å². The highest BCUT2D eigenvalue weighted by Crippen LogP contribution is 2.30. The van der Waals surface area contributed by atoms with Crippen molar-refractivity contribution in [3.05, 3.63) is 46.1 Å². The maximum absolute atomic E-state index is 12.5. The summed E-state index contributed by atoms with van der Waals surface area (Å²) in [6, 6.07) is 8.97. The van der Waals surface area contributed by atoms with Gasteiger partial charge in [0, 0.05) is 16.6 Å². The summed E-state index contributed by atoms with van der Waals surface area (Å²) >= 11 is 0. The Labute approximate surface area is 108 Å². The Hall–Kier alpha value is -2.53. The molecule has 3 rings (SSSR count). The Bertz CT molecular complexity index is 853. The van der Waals surface area contributed by atoms with E-state index in [1.54, 1.807) is 12.1 Å². The van der Waals surface area contributed by atoms with E-state index < -0.39 is 0 Å². The quantitative estimate of drug-likeness (QED) is 0.351. The van der Waals surface area contributed by atoms with Gasteiger partial charge in [-0.2, -0.15) is 5.90 Å². The van der Waals surface area contributed by atoms with Gasteiger partial charge in [0.05, 0.1) is 10.9 Å². The average Bonchev–Trinajstić information content (AvgIpc) is 2.43. The predicted octanol–water partition coefficient (Wildman–Crippen LogP) is 1.82. The first kappa shape index (κ1) is 11.6. The van der Waals surface area contributed by atoms with Crippen LogP contribution >= 0.6 is 0 Å². The molecule has 1 heterocycles. The van der Waals surface area contributed by atoms with Crippen LogP contribution in [0.3, 0.4) is 0 Å². The van der Waals surface area contributed by atoms with Crippen LogP contribution < -0.4 is 21.9 Å². The maximum Gasteiger partial charge on any atom is 0.199 e. The number of pyridine rings is 1. The van der Waals surface area contributed by atoms with Gasteiger partial charge < -0.3 is 15.6 Å².